The van der Waals surface area contributed by atoms with E-state index < -0.39 is 29.2 Å². The van der Waals surface area contributed by atoms with E-state index in [9.17, 15) is 24.2 Å². The molecule has 126 valence electrons. The maximum Gasteiger partial charge on any atom is 0.314 e. The van der Waals surface area contributed by atoms with Crippen molar-refractivity contribution in [3.63, 3.8) is 0 Å². The van der Waals surface area contributed by atoms with Crippen LogP contribution < -0.4 is 0 Å². The third-order valence-corrected chi connectivity index (χ3v) is 4.69. The lowest BCUT2D eigenvalue weighted by atomic mass is 9.74. The van der Waals surface area contributed by atoms with E-state index in [1.165, 1.54) is 30.0 Å². The zero-order valence-electron chi connectivity index (χ0n) is 13.4. The van der Waals surface area contributed by atoms with E-state index in [0.717, 1.165) is 0 Å². The highest BCUT2D eigenvalue weighted by atomic mass is 19.1. The van der Waals surface area contributed by atoms with Crippen LogP contribution in [0.5, 0.6) is 0 Å². The lowest BCUT2D eigenvalue weighted by molar-refractivity contribution is -0.162. The molecule has 1 saturated heterocycles. The van der Waals surface area contributed by atoms with Gasteiger partial charge in [0.15, 0.2) is 0 Å². The Kier molecular flexibility index (Phi) is 5.04. The first-order valence-corrected chi connectivity index (χ1v) is 7.79. The van der Waals surface area contributed by atoms with Gasteiger partial charge in [0.25, 0.3) is 5.91 Å². The van der Waals surface area contributed by atoms with Crippen LogP contribution in [-0.2, 0) is 4.79 Å². The van der Waals surface area contributed by atoms with Crippen LogP contribution in [0.1, 0.15) is 42.1 Å². The minimum absolute atomic E-state index is 0.0634. The molecule has 1 aromatic rings. The number of piperidine rings is 1. The SMILES string of the molecule is CCC[C@@]1(C(=O)O)CN(C(=O)c2cccc(F)c2C)CC[C@H]1O. The second-order valence-electron chi connectivity index (χ2n) is 6.15. The van der Waals surface area contributed by atoms with Gasteiger partial charge < -0.3 is 15.1 Å². The summed E-state index contributed by atoms with van der Waals surface area (Å²) >= 11 is 0. The fourth-order valence-corrected chi connectivity index (χ4v) is 3.27. The van der Waals surface area contributed by atoms with Gasteiger partial charge in [-0.05, 0) is 37.5 Å². The van der Waals surface area contributed by atoms with Gasteiger partial charge in [-0.1, -0.05) is 19.4 Å². The Bertz CT molecular complexity index is 619. The van der Waals surface area contributed by atoms with E-state index in [-0.39, 0.29) is 37.1 Å². The van der Waals surface area contributed by atoms with Crippen molar-refractivity contribution in [3.05, 3.63) is 35.1 Å². The van der Waals surface area contributed by atoms with Crippen LogP contribution in [0.3, 0.4) is 0 Å². The second kappa shape index (κ2) is 6.66. The van der Waals surface area contributed by atoms with Gasteiger partial charge >= 0.3 is 5.97 Å². The Morgan fingerprint density at radius 2 is 2.13 bits per heavy atom. The number of hydrogen-bond donors (Lipinski definition) is 2. The predicted octanol–water partition coefficient (Wildman–Crippen LogP) is 2.21. The summed E-state index contributed by atoms with van der Waals surface area (Å²) in [5.74, 6) is -1.96. The molecule has 23 heavy (non-hydrogen) atoms. The average molecular weight is 323 g/mol. The summed E-state index contributed by atoms with van der Waals surface area (Å²) in [6.07, 6.45) is 0.0873. The van der Waals surface area contributed by atoms with E-state index in [4.69, 9.17) is 0 Å². The minimum Gasteiger partial charge on any atom is -0.481 e. The highest BCUT2D eigenvalue weighted by Crippen LogP contribution is 2.36. The van der Waals surface area contributed by atoms with Gasteiger partial charge in [-0.2, -0.15) is 0 Å². The molecule has 0 spiro atoms. The first kappa shape index (κ1) is 17.4. The number of benzene rings is 1. The summed E-state index contributed by atoms with van der Waals surface area (Å²) in [6, 6.07) is 4.28. The van der Waals surface area contributed by atoms with Gasteiger partial charge in [0, 0.05) is 18.7 Å². The van der Waals surface area contributed by atoms with Crippen molar-refractivity contribution in [3.8, 4) is 0 Å². The Balaban J connectivity index is 2.32. The molecule has 1 aliphatic rings. The minimum atomic E-state index is -1.36. The number of aliphatic hydroxyl groups is 1. The van der Waals surface area contributed by atoms with Crippen LogP contribution in [0.15, 0.2) is 18.2 Å². The molecule has 1 aliphatic heterocycles. The Morgan fingerprint density at radius 1 is 1.43 bits per heavy atom. The van der Waals surface area contributed by atoms with Crippen molar-refractivity contribution >= 4 is 11.9 Å². The molecule has 1 amide bonds. The van der Waals surface area contributed by atoms with Crippen LogP contribution in [0, 0.1) is 18.2 Å². The molecule has 1 aromatic carbocycles. The summed E-state index contributed by atoms with van der Waals surface area (Å²) in [4.78, 5) is 25.8. The maximum absolute atomic E-state index is 13.7. The maximum atomic E-state index is 13.7. The largest absolute Gasteiger partial charge is 0.481 e. The van der Waals surface area contributed by atoms with Gasteiger partial charge in [-0.15, -0.1) is 0 Å². The van der Waals surface area contributed by atoms with Gasteiger partial charge in [0.05, 0.1) is 6.10 Å². The Morgan fingerprint density at radius 3 is 2.74 bits per heavy atom. The van der Waals surface area contributed by atoms with Crippen LogP contribution in [0.4, 0.5) is 4.39 Å². The number of carboxylic acids is 1. The number of halogens is 1. The number of amides is 1. The summed E-state index contributed by atoms with van der Waals surface area (Å²) in [5.41, 5.74) is -0.874. The molecule has 1 heterocycles. The number of carboxylic acid groups (broad SMARTS) is 1. The molecule has 0 aliphatic carbocycles. The fourth-order valence-electron chi connectivity index (χ4n) is 3.27. The summed E-state index contributed by atoms with van der Waals surface area (Å²) in [6.45, 7) is 3.56. The second-order valence-corrected chi connectivity index (χ2v) is 6.15. The molecule has 5 nitrogen and oxygen atoms in total. The van der Waals surface area contributed by atoms with Crippen molar-refractivity contribution in [2.24, 2.45) is 5.41 Å². The molecule has 6 heteroatoms. The molecule has 0 radical (unpaired) electrons. The molecule has 0 saturated carbocycles. The molecule has 0 aromatic heterocycles. The van der Waals surface area contributed by atoms with Crippen molar-refractivity contribution in [2.45, 2.75) is 39.2 Å². The number of likely N-dealkylation sites (tertiary alicyclic amines) is 1. The van der Waals surface area contributed by atoms with E-state index in [1.54, 1.807) is 0 Å². The zero-order valence-corrected chi connectivity index (χ0v) is 13.4. The number of nitrogens with zero attached hydrogens (tertiary/aromatic N) is 1. The summed E-state index contributed by atoms with van der Waals surface area (Å²) in [5, 5.41) is 19.8. The van der Waals surface area contributed by atoms with E-state index in [0.29, 0.717) is 6.42 Å². The third kappa shape index (κ3) is 3.08. The molecule has 2 atom stereocenters. The quantitative estimate of drug-likeness (QED) is 0.890. The fraction of sp³-hybridized carbons (Fsp3) is 0.529. The number of aliphatic carboxylic acids is 1. The van der Waals surface area contributed by atoms with Crippen molar-refractivity contribution in [2.75, 3.05) is 13.1 Å². The third-order valence-electron chi connectivity index (χ3n) is 4.69. The Hall–Kier alpha value is -1.95. The van der Waals surface area contributed by atoms with Crippen LogP contribution >= 0.6 is 0 Å². The number of hydrogen-bond acceptors (Lipinski definition) is 3. The van der Waals surface area contributed by atoms with Crippen LogP contribution in [0.2, 0.25) is 0 Å². The van der Waals surface area contributed by atoms with E-state index >= 15 is 0 Å². The van der Waals surface area contributed by atoms with Gasteiger partial charge in [0.1, 0.15) is 11.2 Å². The molecule has 2 N–H and O–H groups in total. The molecule has 0 bridgehead atoms. The van der Waals surface area contributed by atoms with Gasteiger partial charge in [-0.25, -0.2) is 4.39 Å². The van der Waals surface area contributed by atoms with Gasteiger partial charge in [-0.3, -0.25) is 9.59 Å². The monoisotopic (exact) mass is 323 g/mol. The molecule has 2 rings (SSSR count). The number of carbonyl (C=O) groups is 2. The molecule has 0 unspecified atom stereocenters. The Labute approximate surface area is 134 Å². The summed E-state index contributed by atoms with van der Waals surface area (Å²) < 4.78 is 13.7. The topological polar surface area (TPSA) is 77.8 Å². The van der Waals surface area contributed by atoms with E-state index in [2.05, 4.69) is 0 Å². The standard InChI is InChI=1S/C17H22FNO4/c1-3-8-17(16(22)23)10-19(9-7-14(17)20)15(21)12-5-4-6-13(18)11(12)2/h4-6,14,20H,3,7-10H2,1-2H3,(H,22,23)/t14-,17-/m1/s1. The van der Waals surface area contributed by atoms with Crippen LogP contribution in [0.25, 0.3) is 0 Å². The number of carbonyl (C=O) groups excluding carboxylic acids is 1. The summed E-state index contributed by atoms with van der Waals surface area (Å²) in [7, 11) is 0. The predicted molar refractivity (Wildman–Crippen MR) is 82.6 cm³/mol. The van der Waals surface area contributed by atoms with Crippen LogP contribution in [-0.4, -0.2) is 46.2 Å². The average Bonchev–Trinajstić information content (AvgIpc) is 2.51. The van der Waals surface area contributed by atoms with E-state index in [1.807, 2.05) is 6.92 Å². The molecular weight excluding hydrogens is 301 g/mol. The lowest BCUT2D eigenvalue weighted by Gasteiger charge is -2.43. The van der Waals surface area contributed by atoms with Crippen molar-refractivity contribution in [1.29, 1.82) is 0 Å². The first-order chi connectivity index (χ1) is 10.8. The smallest absolute Gasteiger partial charge is 0.314 e. The highest BCUT2D eigenvalue weighted by Gasteiger charge is 2.49. The normalized spacial score (nSPS) is 24.5. The number of aliphatic hydroxyl groups excluding tert-OH is 1. The molecule has 1 fully saturated rings. The highest BCUT2D eigenvalue weighted by molar-refractivity contribution is 5.96. The molecular formula is C17H22FNO4. The number of rotatable bonds is 4. The lowest BCUT2D eigenvalue weighted by Crippen LogP contribution is -2.57. The zero-order chi connectivity index (χ0) is 17.2. The van der Waals surface area contributed by atoms with Crippen molar-refractivity contribution < 1.29 is 24.2 Å². The van der Waals surface area contributed by atoms with Gasteiger partial charge in [0.2, 0.25) is 0 Å². The first-order valence-electron chi connectivity index (χ1n) is 7.79. The van der Waals surface area contributed by atoms with Crippen molar-refractivity contribution in [1.82, 2.24) is 4.90 Å².